The highest BCUT2D eigenvalue weighted by molar-refractivity contribution is 7.80. The number of rotatable bonds is 9. The normalized spacial score (nSPS) is 10.6. The summed E-state index contributed by atoms with van der Waals surface area (Å²) in [6, 6.07) is 19.1. The first-order chi connectivity index (χ1) is 16.5. The van der Waals surface area contributed by atoms with Crippen LogP contribution in [0.25, 0.3) is 0 Å². The van der Waals surface area contributed by atoms with Crippen molar-refractivity contribution >= 4 is 46.8 Å². The van der Waals surface area contributed by atoms with Gasteiger partial charge in [0.05, 0.1) is 25.0 Å². The Kier molecular flexibility index (Phi) is 9.25. The van der Waals surface area contributed by atoms with Gasteiger partial charge in [-0.3, -0.25) is 5.43 Å². The zero-order valence-corrected chi connectivity index (χ0v) is 20.3. The van der Waals surface area contributed by atoms with Crippen LogP contribution in [-0.4, -0.2) is 30.5 Å². The summed E-state index contributed by atoms with van der Waals surface area (Å²) in [4.78, 5) is 12.6. The molecule has 0 bridgehead atoms. The van der Waals surface area contributed by atoms with Gasteiger partial charge in [0.15, 0.2) is 16.6 Å². The van der Waals surface area contributed by atoms with Gasteiger partial charge in [0.25, 0.3) is 0 Å². The largest absolute Gasteiger partial charge is 0.494 e. The smallest absolute Gasteiger partial charge is 0.343 e. The fraction of sp³-hybridized carbons (Fsp3) is 0.160. The van der Waals surface area contributed by atoms with Gasteiger partial charge in [-0.25, -0.2) is 4.79 Å². The Balaban J connectivity index is 1.63. The molecule has 0 spiro atoms. The Bertz CT molecular complexity index is 1170. The highest BCUT2D eigenvalue weighted by atomic mass is 35.5. The molecule has 0 amide bonds. The van der Waals surface area contributed by atoms with Crippen LogP contribution in [0.15, 0.2) is 71.8 Å². The number of halogens is 1. The summed E-state index contributed by atoms with van der Waals surface area (Å²) >= 11 is 11.2. The number of carbonyl (C=O) groups is 1. The highest BCUT2D eigenvalue weighted by Gasteiger charge is 2.13. The van der Waals surface area contributed by atoms with Crippen molar-refractivity contribution in [2.24, 2.45) is 5.10 Å². The molecule has 0 aliphatic rings. The van der Waals surface area contributed by atoms with E-state index in [2.05, 4.69) is 15.8 Å². The van der Waals surface area contributed by atoms with Crippen LogP contribution in [-0.2, 0) is 0 Å². The molecule has 0 saturated heterocycles. The van der Waals surface area contributed by atoms with Gasteiger partial charge >= 0.3 is 5.97 Å². The minimum Gasteiger partial charge on any atom is -0.494 e. The van der Waals surface area contributed by atoms with E-state index in [1.807, 2.05) is 26.0 Å². The second-order valence-corrected chi connectivity index (χ2v) is 7.67. The highest BCUT2D eigenvalue weighted by Crippen LogP contribution is 2.29. The number of carbonyl (C=O) groups excluding carboxylic acids is 1. The van der Waals surface area contributed by atoms with Crippen LogP contribution >= 0.6 is 23.8 Å². The molecule has 3 rings (SSSR count). The Morgan fingerprint density at radius 1 is 1.00 bits per heavy atom. The molecule has 0 aliphatic heterocycles. The standard InChI is InChI=1S/C25H24ClN3O4S/c1-3-31-21-11-9-18(10-12-21)24(30)33-22-13-8-17(14-23(22)32-4-2)16-27-29-25(34)28-20-7-5-6-19(26)15-20/h5-16H,3-4H2,1-2H3,(H2,28,29,34)/b27-16+. The second kappa shape index (κ2) is 12.6. The predicted molar refractivity (Wildman–Crippen MR) is 139 cm³/mol. The van der Waals surface area contributed by atoms with Gasteiger partial charge in [0.1, 0.15) is 5.75 Å². The minimum atomic E-state index is -0.496. The maximum atomic E-state index is 12.6. The van der Waals surface area contributed by atoms with Gasteiger partial charge in [-0.2, -0.15) is 5.10 Å². The lowest BCUT2D eigenvalue weighted by Gasteiger charge is -2.12. The predicted octanol–water partition coefficient (Wildman–Crippen LogP) is 5.68. The molecule has 2 N–H and O–H groups in total. The number of nitrogens with zero attached hydrogens (tertiary/aromatic N) is 1. The van der Waals surface area contributed by atoms with Gasteiger partial charge in [-0.15, -0.1) is 0 Å². The number of anilines is 1. The van der Waals surface area contributed by atoms with Gasteiger partial charge in [0, 0.05) is 10.7 Å². The molecule has 0 fully saturated rings. The van der Waals surface area contributed by atoms with E-state index in [0.29, 0.717) is 46.2 Å². The van der Waals surface area contributed by atoms with Crippen molar-refractivity contribution in [3.8, 4) is 17.2 Å². The van der Waals surface area contributed by atoms with E-state index in [1.165, 1.54) is 0 Å². The van der Waals surface area contributed by atoms with Gasteiger partial charge < -0.3 is 19.5 Å². The van der Waals surface area contributed by atoms with Crippen molar-refractivity contribution in [1.29, 1.82) is 0 Å². The molecule has 0 saturated carbocycles. The SMILES string of the molecule is CCOc1ccc(C(=O)Oc2ccc(/C=N/NC(=S)Nc3cccc(Cl)c3)cc2OCC)cc1. The number of esters is 1. The molecule has 7 nitrogen and oxygen atoms in total. The molecule has 0 aromatic heterocycles. The molecular formula is C25H24ClN3O4S. The second-order valence-electron chi connectivity index (χ2n) is 6.82. The number of ether oxygens (including phenoxy) is 3. The zero-order valence-electron chi connectivity index (χ0n) is 18.7. The summed E-state index contributed by atoms with van der Waals surface area (Å²) in [6.45, 7) is 4.70. The van der Waals surface area contributed by atoms with E-state index in [0.717, 1.165) is 11.3 Å². The summed E-state index contributed by atoms with van der Waals surface area (Å²) in [5.41, 5.74) is 4.62. The molecule has 9 heteroatoms. The number of hydrogen-bond acceptors (Lipinski definition) is 6. The first-order valence-corrected chi connectivity index (χ1v) is 11.3. The lowest BCUT2D eigenvalue weighted by molar-refractivity contribution is 0.0728. The van der Waals surface area contributed by atoms with E-state index >= 15 is 0 Å². The fourth-order valence-corrected chi connectivity index (χ4v) is 3.22. The molecule has 0 radical (unpaired) electrons. The van der Waals surface area contributed by atoms with Crippen LogP contribution in [0.2, 0.25) is 5.02 Å². The molecule has 0 unspecified atom stereocenters. The quantitative estimate of drug-likeness (QED) is 0.129. The van der Waals surface area contributed by atoms with E-state index in [9.17, 15) is 4.79 Å². The molecule has 0 atom stereocenters. The Morgan fingerprint density at radius 3 is 2.47 bits per heavy atom. The van der Waals surface area contributed by atoms with Crippen LogP contribution < -0.4 is 25.0 Å². The summed E-state index contributed by atoms with van der Waals surface area (Å²) in [7, 11) is 0. The number of hydrogen-bond donors (Lipinski definition) is 2. The molecule has 0 aliphatic carbocycles. The summed E-state index contributed by atoms with van der Waals surface area (Å²) in [5, 5.41) is 8.04. The van der Waals surface area contributed by atoms with Gasteiger partial charge in [-0.1, -0.05) is 17.7 Å². The zero-order chi connectivity index (χ0) is 24.3. The lowest BCUT2D eigenvalue weighted by Crippen LogP contribution is -2.23. The van der Waals surface area contributed by atoms with Gasteiger partial charge in [0.2, 0.25) is 0 Å². The van der Waals surface area contributed by atoms with Gasteiger partial charge in [-0.05, 0) is 92.3 Å². The molecule has 3 aromatic carbocycles. The van der Waals surface area contributed by atoms with Crippen LogP contribution in [0.4, 0.5) is 5.69 Å². The average Bonchev–Trinajstić information content (AvgIpc) is 2.81. The third-order valence-electron chi connectivity index (χ3n) is 4.33. The third kappa shape index (κ3) is 7.47. The number of benzene rings is 3. The summed E-state index contributed by atoms with van der Waals surface area (Å²) in [6.07, 6.45) is 1.58. The lowest BCUT2D eigenvalue weighted by atomic mass is 10.2. The van der Waals surface area contributed by atoms with Crippen LogP contribution in [0.1, 0.15) is 29.8 Å². The first kappa shape index (κ1) is 25.0. The monoisotopic (exact) mass is 497 g/mol. The molecule has 34 heavy (non-hydrogen) atoms. The first-order valence-electron chi connectivity index (χ1n) is 10.6. The van der Waals surface area contributed by atoms with E-state index < -0.39 is 5.97 Å². The van der Waals surface area contributed by atoms with Crippen LogP contribution in [0.3, 0.4) is 0 Å². The van der Waals surface area contributed by atoms with E-state index in [4.69, 9.17) is 38.0 Å². The van der Waals surface area contributed by atoms with E-state index in [-0.39, 0.29) is 0 Å². The maximum absolute atomic E-state index is 12.6. The van der Waals surface area contributed by atoms with Crippen LogP contribution in [0, 0.1) is 0 Å². The van der Waals surface area contributed by atoms with Crippen molar-refractivity contribution in [3.05, 3.63) is 82.9 Å². The number of nitrogens with one attached hydrogen (secondary N) is 2. The van der Waals surface area contributed by atoms with E-state index in [1.54, 1.807) is 60.8 Å². The Labute approximate surface area is 208 Å². The molecule has 0 heterocycles. The fourth-order valence-electron chi connectivity index (χ4n) is 2.86. The number of thiocarbonyl (C=S) groups is 1. The topological polar surface area (TPSA) is 81.2 Å². The van der Waals surface area contributed by atoms with Crippen molar-refractivity contribution in [2.75, 3.05) is 18.5 Å². The number of hydrazone groups is 1. The summed E-state index contributed by atoms with van der Waals surface area (Å²) in [5.74, 6) is 0.924. The van der Waals surface area contributed by atoms with Crippen molar-refractivity contribution in [1.82, 2.24) is 5.43 Å². The third-order valence-corrected chi connectivity index (χ3v) is 4.76. The molecular weight excluding hydrogens is 474 g/mol. The molecule has 3 aromatic rings. The Hall–Kier alpha value is -3.62. The minimum absolute atomic E-state index is 0.309. The maximum Gasteiger partial charge on any atom is 0.343 e. The average molecular weight is 498 g/mol. The summed E-state index contributed by atoms with van der Waals surface area (Å²) < 4.78 is 16.6. The van der Waals surface area contributed by atoms with Crippen molar-refractivity contribution < 1.29 is 19.0 Å². The van der Waals surface area contributed by atoms with Crippen molar-refractivity contribution in [2.45, 2.75) is 13.8 Å². The van der Waals surface area contributed by atoms with Crippen molar-refractivity contribution in [3.63, 3.8) is 0 Å². The van der Waals surface area contributed by atoms with Crippen LogP contribution in [0.5, 0.6) is 17.2 Å². The Morgan fingerprint density at radius 2 is 1.76 bits per heavy atom. The molecule has 176 valence electrons.